The molecule has 3 rings (SSSR count). The second-order valence-corrected chi connectivity index (χ2v) is 10.8. The molecule has 2 N–H and O–H groups in total. The Hall–Kier alpha value is -2.90. The van der Waals surface area contributed by atoms with Gasteiger partial charge in [0.25, 0.3) is 5.91 Å². The highest BCUT2D eigenvalue weighted by atomic mass is 32.2. The number of benzene rings is 2. The van der Waals surface area contributed by atoms with Crippen molar-refractivity contribution in [2.45, 2.75) is 43.9 Å². The molecule has 0 aliphatic carbocycles. The van der Waals surface area contributed by atoms with Gasteiger partial charge in [0.2, 0.25) is 10.0 Å². The van der Waals surface area contributed by atoms with Crippen LogP contribution in [0.3, 0.4) is 0 Å². The smallest absolute Gasteiger partial charge is 0.253 e. The van der Waals surface area contributed by atoms with E-state index in [2.05, 4.69) is 11.8 Å². The van der Waals surface area contributed by atoms with Crippen LogP contribution < -0.4 is 4.74 Å². The lowest BCUT2D eigenvalue weighted by atomic mass is 10.0. The monoisotopic (exact) mass is 500 g/mol. The first-order valence-corrected chi connectivity index (χ1v) is 12.9. The molecule has 0 bridgehead atoms. The van der Waals surface area contributed by atoms with E-state index in [1.54, 1.807) is 49.2 Å². The summed E-state index contributed by atoms with van der Waals surface area (Å²) in [6.45, 7) is 5.05. The summed E-state index contributed by atoms with van der Waals surface area (Å²) in [5, 5.41) is 19.3. The van der Waals surface area contributed by atoms with Crippen molar-refractivity contribution in [3.05, 3.63) is 59.7 Å². The summed E-state index contributed by atoms with van der Waals surface area (Å²) in [4.78, 5) is 14.5. The summed E-state index contributed by atoms with van der Waals surface area (Å²) >= 11 is 0. The van der Waals surface area contributed by atoms with Gasteiger partial charge in [0.1, 0.15) is 22.9 Å². The van der Waals surface area contributed by atoms with Crippen LogP contribution in [-0.4, -0.2) is 78.7 Å². The molecule has 35 heavy (non-hydrogen) atoms. The molecule has 9 heteroatoms. The van der Waals surface area contributed by atoms with Crippen LogP contribution in [0.1, 0.15) is 36.7 Å². The third kappa shape index (κ3) is 6.21. The molecule has 1 aliphatic heterocycles. The van der Waals surface area contributed by atoms with E-state index in [1.165, 1.54) is 23.4 Å². The predicted molar refractivity (Wildman–Crippen MR) is 132 cm³/mol. The maximum atomic E-state index is 13.5. The van der Waals surface area contributed by atoms with E-state index in [4.69, 9.17) is 4.74 Å². The fourth-order valence-electron chi connectivity index (χ4n) is 3.86. The first-order chi connectivity index (χ1) is 16.5. The third-order valence-electron chi connectivity index (χ3n) is 5.91. The molecule has 2 aromatic carbocycles. The lowest BCUT2D eigenvalue weighted by molar-refractivity contribution is 0.0563. The zero-order valence-electron chi connectivity index (χ0n) is 20.4. The van der Waals surface area contributed by atoms with Crippen molar-refractivity contribution < 1.29 is 28.2 Å². The van der Waals surface area contributed by atoms with Gasteiger partial charge < -0.3 is 19.8 Å². The van der Waals surface area contributed by atoms with Gasteiger partial charge in [-0.3, -0.25) is 4.79 Å². The van der Waals surface area contributed by atoms with Gasteiger partial charge in [0, 0.05) is 36.7 Å². The molecule has 1 amide bonds. The molecule has 188 valence electrons. The number of hydrogen-bond donors (Lipinski definition) is 2. The number of amides is 1. The van der Waals surface area contributed by atoms with Crippen LogP contribution in [0, 0.1) is 17.8 Å². The Morgan fingerprint density at radius 3 is 2.54 bits per heavy atom. The van der Waals surface area contributed by atoms with Crippen molar-refractivity contribution in [1.82, 2.24) is 9.21 Å². The normalized spacial score (nSPS) is 21.2. The average molecular weight is 501 g/mol. The van der Waals surface area contributed by atoms with E-state index in [0.717, 1.165) is 0 Å². The lowest BCUT2D eigenvalue weighted by Crippen LogP contribution is -2.50. The number of nitrogens with zero attached hydrogens (tertiary/aromatic N) is 2. The molecule has 1 heterocycles. The molecule has 0 fully saturated rings. The van der Waals surface area contributed by atoms with Crippen molar-refractivity contribution in [2.24, 2.45) is 5.92 Å². The van der Waals surface area contributed by atoms with Crippen LogP contribution in [0.4, 0.5) is 0 Å². The largest absolute Gasteiger partial charge is 0.487 e. The average Bonchev–Trinajstić information content (AvgIpc) is 2.84. The standard InChI is InChI=1S/C26H32N2O6S/c1-18-15-28(19(2)17-29)35(32,33)25-13-12-21(11-10-20(3)30)14-23(25)34-24(18)16-27(4)26(31)22-8-6-5-7-9-22/h5-9,12-14,18-20,24,29-30H,15-17H2,1-4H3/t18-,19+,20-,24+/m0/s1. The minimum atomic E-state index is -3.98. The first-order valence-electron chi connectivity index (χ1n) is 11.5. The lowest BCUT2D eigenvalue weighted by Gasteiger charge is -2.37. The SMILES string of the molecule is C[C@H](O)C#Cc1ccc2c(c1)O[C@H](CN(C)C(=O)c1ccccc1)[C@@H](C)CN([C@H](C)CO)S2(=O)=O. The first kappa shape index (κ1) is 26.7. The van der Waals surface area contributed by atoms with E-state index in [1.807, 2.05) is 13.0 Å². The van der Waals surface area contributed by atoms with Gasteiger partial charge in [-0.25, -0.2) is 8.42 Å². The van der Waals surface area contributed by atoms with Crippen LogP contribution >= 0.6 is 0 Å². The summed E-state index contributed by atoms with van der Waals surface area (Å²) in [6.07, 6.45) is -1.37. The van der Waals surface area contributed by atoms with Crippen LogP contribution in [0.15, 0.2) is 53.4 Å². The number of aliphatic hydroxyl groups is 2. The molecule has 0 saturated carbocycles. The topological polar surface area (TPSA) is 107 Å². The number of carbonyl (C=O) groups excluding carboxylic acids is 1. The van der Waals surface area contributed by atoms with Crippen LogP contribution in [0.25, 0.3) is 0 Å². The van der Waals surface area contributed by atoms with Crippen LogP contribution in [-0.2, 0) is 10.0 Å². The Balaban J connectivity index is 2.02. The summed E-state index contributed by atoms with van der Waals surface area (Å²) in [5.74, 6) is 5.11. The molecular formula is C26H32N2O6S. The van der Waals surface area contributed by atoms with Gasteiger partial charge in [-0.1, -0.05) is 37.0 Å². The molecular weight excluding hydrogens is 468 g/mol. The van der Waals surface area contributed by atoms with Crippen molar-refractivity contribution >= 4 is 15.9 Å². The number of sulfonamides is 1. The third-order valence-corrected chi connectivity index (χ3v) is 7.93. The minimum absolute atomic E-state index is 0.0330. The molecule has 4 atom stereocenters. The molecule has 0 saturated heterocycles. The highest BCUT2D eigenvalue weighted by Crippen LogP contribution is 2.34. The van der Waals surface area contributed by atoms with Gasteiger partial charge in [-0.15, -0.1) is 0 Å². The van der Waals surface area contributed by atoms with E-state index < -0.39 is 28.3 Å². The van der Waals surface area contributed by atoms with E-state index >= 15 is 0 Å². The van der Waals surface area contributed by atoms with Crippen molar-refractivity contribution in [1.29, 1.82) is 0 Å². The zero-order valence-corrected chi connectivity index (χ0v) is 21.2. The Bertz CT molecular complexity index is 1200. The van der Waals surface area contributed by atoms with Gasteiger partial charge in [-0.2, -0.15) is 4.31 Å². The van der Waals surface area contributed by atoms with E-state index in [-0.39, 0.29) is 42.2 Å². The summed E-state index contributed by atoms with van der Waals surface area (Å²) < 4.78 is 34.6. The molecule has 2 aromatic rings. The second kappa shape index (κ2) is 11.2. The summed E-state index contributed by atoms with van der Waals surface area (Å²) in [7, 11) is -2.29. The number of fused-ring (bicyclic) bond motifs is 1. The molecule has 0 radical (unpaired) electrons. The molecule has 0 spiro atoms. The Morgan fingerprint density at radius 1 is 1.23 bits per heavy atom. The van der Waals surface area contributed by atoms with Crippen molar-refractivity contribution in [3.8, 4) is 17.6 Å². The van der Waals surface area contributed by atoms with Gasteiger partial charge in [0.15, 0.2) is 0 Å². The predicted octanol–water partition coefficient (Wildman–Crippen LogP) is 1.96. The number of aliphatic hydroxyl groups excluding tert-OH is 2. The fraction of sp³-hybridized carbons (Fsp3) is 0.423. The Morgan fingerprint density at radius 2 is 1.91 bits per heavy atom. The molecule has 8 nitrogen and oxygen atoms in total. The number of likely N-dealkylation sites (N-methyl/N-ethyl adjacent to an activating group) is 1. The maximum absolute atomic E-state index is 13.5. The van der Waals surface area contributed by atoms with Gasteiger partial charge in [-0.05, 0) is 44.2 Å². The highest BCUT2D eigenvalue weighted by Gasteiger charge is 2.38. The van der Waals surface area contributed by atoms with E-state index in [9.17, 15) is 23.4 Å². The quantitative estimate of drug-likeness (QED) is 0.608. The highest BCUT2D eigenvalue weighted by molar-refractivity contribution is 7.89. The van der Waals surface area contributed by atoms with Crippen molar-refractivity contribution in [2.75, 3.05) is 26.7 Å². The molecule has 0 aromatic heterocycles. The summed E-state index contributed by atoms with van der Waals surface area (Å²) in [6, 6.07) is 12.8. The molecule has 1 aliphatic rings. The Labute approximate surface area is 207 Å². The Kier molecular flexibility index (Phi) is 8.56. The zero-order chi connectivity index (χ0) is 25.8. The fourth-order valence-corrected chi connectivity index (χ4v) is 5.69. The van der Waals surface area contributed by atoms with Crippen molar-refractivity contribution in [3.63, 3.8) is 0 Å². The maximum Gasteiger partial charge on any atom is 0.253 e. The van der Waals surface area contributed by atoms with Crippen LogP contribution in [0.5, 0.6) is 5.75 Å². The van der Waals surface area contributed by atoms with Gasteiger partial charge >= 0.3 is 0 Å². The second-order valence-electron chi connectivity index (χ2n) is 8.90. The van der Waals surface area contributed by atoms with E-state index in [0.29, 0.717) is 11.1 Å². The number of rotatable bonds is 5. The minimum Gasteiger partial charge on any atom is -0.487 e. The summed E-state index contributed by atoms with van der Waals surface area (Å²) in [5.41, 5.74) is 1.03. The number of carbonyl (C=O) groups is 1. The molecule has 0 unspecified atom stereocenters. The van der Waals surface area contributed by atoms with Gasteiger partial charge in [0.05, 0.1) is 13.2 Å². The number of hydrogen-bond acceptors (Lipinski definition) is 6. The van der Waals surface area contributed by atoms with Crippen LogP contribution in [0.2, 0.25) is 0 Å². The number of ether oxygens (including phenoxy) is 1.